The topological polar surface area (TPSA) is 64.1 Å². The van der Waals surface area contributed by atoms with Crippen molar-refractivity contribution in [3.8, 4) is 0 Å². The SMILES string of the molecule is O=C(OC1COC1)N1CCN(c2ccnc3c2C=C(c2ccc(C4=CCOCC4)cc2)C3)CC1. The van der Waals surface area contributed by atoms with Gasteiger partial charge in [-0.2, -0.15) is 0 Å². The summed E-state index contributed by atoms with van der Waals surface area (Å²) in [7, 11) is 0. The van der Waals surface area contributed by atoms with Crippen LogP contribution >= 0.6 is 0 Å². The molecule has 0 spiro atoms. The Labute approximate surface area is 199 Å². The molecule has 0 atom stereocenters. The molecule has 7 heteroatoms. The number of carbonyl (C=O) groups is 1. The summed E-state index contributed by atoms with van der Waals surface area (Å²) >= 11 is 0. The first-order valence-corrected chi connectivity index (χ1v) is 12.1. The maximum absolute atomic E-state index is 12.4. The summed E-state index contributed by atoms with van der Waals surface area (Å²) in [5, 5.41) is 0. The number of carbonyl (C=O) groups excluding carboxylic acids is 1. The summed E-state index contributed by atoms with van der Waals surface area (Å²) in [6.07, 6.45) is 7.88. The molecular weight excluding hydrogens is 430 g/mol. The van der Waals surface area contributed by atoms with E-state index in [1.807, 2.05) is 6.20 Å². The molecule has 34 heavy (non-hydrogen) atoms. The highest BCUT2D eigenvalue weighted by atomic mass is 16.6. The molecule has 7 nitrogen and oxygen atoms in total. The minimum atomic E-state index is -0.227. The first kappa shape index (κ1) is 21.4. The fourth-order valence-electron chi connectivity index (χ4n) is 4.99. The number of pyridine rings is 1. The smallest absolute Gasteiger partial charge is 0.410 e. The van der Waals surface area contributed by atoms with Crippen LogP contribution < -0.4 is 4.90 Å². The average Bonchev–Trinajstić information content (AvgIpc) is 3.31. The van der Waals surface area contributed by atoms with Crippen LogP contribution in [0.5, 0.6) is 0 Å². The number of benzene rings is 1. The summed E-state index contributed by atoms with van der Waals surface area (Å²) in [6.45, 7) is 5.40. The van der Waals surface area contributed by atoms with Crippen LogP contribution in [0.2, 0.25) is 0 Å². The van der Waals surface area contributed by atoms with E-state index >= 15 is 0 Å². The first-order valence-electron chi connectivity index (χ1n) is 12.1. The molecule has 0 bridgehead atoms. The summed E-state index contributed by atoms with van der Waals surface area (Å²) in [5.74, 6) is 0. The number of hydrogen-bond acceptors (Lipinski definition) is 6. The fraction of sp³-hybridized carbons (Fsp3) is 0.407. The van der Waals surface area contributed by atoms with E-state index in [0.29, 0.717) is 32.9 Å². The summed E-state index contributed by atoms with van der Waals surface area (Å²) in [4.78, 5) is 21.2. The van der Waals surface area contributed by atoms with E-state index in [4.69, 9.17) is 14.2 Å². The third-order valence-electron chi connectivity index (χ3n) is 7.07. The predicted molar refractivity (Wildman–Crippen MR) is 131 cm³/mol. The van der Waals surface area contributed by atoms with Crippen LogP contribution in [0.25, 0.3) is 17.2 Å². The molecule has 1 aromatic carbocycles. The van der Waals surface area contributed by atoms with E-state index < -0.39 is 0 Å². The van der Waals surface area contributed by atoms with Crippen molar-refractivity contribution >= 4 is 29.0 Å². The molecule has 2 fully saturated rings. The van der Waals surface area contributed by atoms with Crippen LogP contribution in [-0.4, -0.2) is 74.7 Å². The minimum absolute atomic E-state index is 0.0833. The molecule has 3 aliphatic heterocycles. The normalized spacial score (nSPS) is 20.4. The second kappa shape index (κ2) is 9.24. The van der Waals surface area contributed by atoms with Gasteiger partial charge in [-0.1, -0.05) is 30.3 Å². The van der Waals surface area contributed by atoms with Crippen molar-refractivity contribution in [2.45, 2.75) is 18.9 Å². The Balaban J connectivity index is 1.15. The number of anilines is 1. The zero-order valence-electron chi connectivity index (χ0n) is 19.2. The van der Waals surface area contributed by atoms with E-state index in [-0.39, 0.29) is 12.2 Å². The third-order valence-corrected chi connectivity index (χ3v) is 7.07. The highest BCUT2D eigenvalue weighted by Gasteiger charge is 2.29. The Hall–Kier alpha value is -3.16. The van der Waals surface area contributed by atoms with Gasteiger partial charge in [-0.3, -0.25) is 4.98 Å². The number of fused-ring (bicyclic) bond motifs is 1. The van der Waals surface area contributed by atoms with Crippen LogP contribution in [0.4, 0.5) is 10.5 Å². The van der Waals surface area contributed by atoms with Crippen LogP contribution in [0, 0.1) is 0 Å². The Kier molecular flexibility index (Phi) is 5.81. The molecule has 0 N–H and O–H groups in total. The first-order chi connectivity index (χ1) is 16.7. The fourth-order valence-corrected chi connectivity index (χ4v) is 4.99. The predicted octanol–water partition coefficient (Wildman–Crippen LogP) is 3.64. The van der Waals surface area contributed by atoms with Crippen molar-refractivity contribution in [3.05, 3.63) is 65.0 Å². The van der Waals surface area contributed by atoms with Gasteiger partial charge >= 0.3 is 6.09 Å². The molecule has 176 valence electrons. The zero-order valence-corrected chi connectivity index (χ0v) is 19.2. The van der Waals surface area contributed by atoms with Crippen molar-refractivity contribution in [2.24, 2.45) is 0 Å². The number of piperazine rings is 1. The van der Waals surface area contributed by atoms with E-state index in [2.05, 4.69) is 52.4 Å². The van der Waals surface area contributed by atoms with E-state index in [1.54, 1.807) is 4.90 Å². The summed E-state index contributed by atoms with van der Waals surface area (Å²) < 4.78 is 16.0. The van der Waals surface area contributed by atoms with Gasteiger partial charge in [-0.15, -0.1) is 0 Å². The molecule has 2 aromatic rings. The van der Waals surface area contributed by atoms with Crippen LogP contribution in [-0.2, 0) is 20.6 Å². The Morgan fingerprint density at radius 3 is 2.41 bits per heavy atom. The lowest BCUT2D eigenvalue weighted by Gasteiger charge is -2.37. The maximum atomic E-state index is 12.4. The maximum Gasteiger partial charge on any atom is 0.410 e. The number of ether oxygens (including phenoxy) is 3. The number of amides is 1. The minimum Gasteiger partial charge on any atom is -0.441 e. The number of hydrogen-bond donors (Lipinski definition) is 0. The number of aromatic nitrogens is 1. The van der Waals surface area contributed by atoms with E-state index in [9.17, 15) is 4.79 Å². The van der Waals surface area contributed by atoms with Gasteiger partial charge in [0.1, 0.15) is 0 Å². The Morgan fingerprint density at radius 1 is 0.971 bits per heavy atom. The van der Waals surface area contributed by atoms with Crippen molar-refractivity contribution in [1.82, 2.24) is 9.88 Å². The molecule has 4 aliphatic rings. The molecule has 1 amide bonds. The lowest BCUT2D eigenvalue weighted by Crippen LogP contribution is -2.51. The standard InChI is InChI=1S/C27H29N3O4/c31-27(34-23-17-33-18-23)30-11-9-29(10-12-30)26-5-8-28-25-16-22(15-24(25)26)20-3-1-19(2-4-20)21-6-13-32-14-7-21/h1-6,8,15,23H,7,9-14,16-18H2. The van der Waals surface area contributed by atoms with Crippen molar-refractivity contribution in [3.63, 3.8) is 0 Å². The molecule has 1 aliphatic carbocycles. The molecule has 1 aromatic heterocycles. The van der Waals surface area contributed by atoms with Crippen LogP contribution in [0.1, 0.15) is 28.8 Å². The lowest BCUT2D eigenvalue weighted by atomic mass is 9.97. The lowest BCUT2D eigenvalue weighted by molar-refractivity contribution is -0.104. The van der Waals surface area contributed by atoms with Gasteiger partial charge in [0.2, 0.25) is 0 Å². The Bertz CT molecular complexity index is 1130. The molecule has 0 saturated carbocycles. The van der Waals surface area contributed by atoms with E-state index in [0.717, 1.165) is 38.2 Å². The van der Waals surface area contributed by atoms with Gasteiger partial charge in [0.25, 0.3) is 0 Å². The van der Waals surface area contributed by atoms with Gasteiger partial charge in [-0.05, 0) is 40.8 Å². The molecular formula is C27H29N3O4. The zero-order chi connectivity index (χ0) is 22.9. The summed E-state index contributed by atoms with van der Waals surface area (Å²) in [6, 6.07) is 11.0. The molecule has 4 heterocycles. The van der Waals surface area contributed by atoms with Crippen molar-refractivity contribution < 1.29 is 19.0 Å². The second-order valence-electron chi connectivity index (χ2n) is 9.19. The van der Waals surface area contributed by atoms with E-state index in [1.165, 1.54) is 33.5 Å². The number of allylic oxidation sites excluding steroid dienone is 1. The molecule has 6 rings (SSSR count). The largest absolute Gasteiger partial charge is 0.441 e. The Morgan fingerprint density at radius 2 is 1.74 bits per heavy atom. The van der Waals surface area contributed by atoms with Gasteiger partial charge in [0.05, 0.1) is 32.1 Å². The van der Waals surface area contributed by atoms with Gasteiger partial charge in [-0.25, -0.2) is 4.79 Å². The molecule has 0 unspecified atom stereocenters. The van der Waals surface area contributed by atoms with Gasteiger partial charge in [0, 0.05) is 50.0 Å². The van der Waals surface area contributed by atoms with Crippen molar-refractivity contribution in [2.75, 3.05) is 57.5 Å². The third kappa shape index (κ3) is 4.21. The van der Waals surface area contributed by atoms with Crippen molar-refractivity contribution in [1.29, 1.82) is 0 Å². The number of rotatable bonds is 4. The van der Waals surface area contributed by atoms with Crippen LogP contribution in [0.15, 0.2) is 42.6 Å². The highest BCUT2D eigenvalue weighted by molar-refractivity contribution is 5.92. The number of nitrogens with zero attached hydrogens (tertiary/aromatic N) is 3. The highest BCUT2D eigenvalue weighted by Crippen LogP contribution is 2.37. The average molecular weight is 460 g/mol. The second-order valence-corrected chi connectivity index (χ2v) is 9.19. The quantitative estimate of drug-likeness (QED) is 0.696. The molecule has 0 radical (unpaired) electrons. The summed E-state index contributed by atoms with van der Waals surface area (Å²) in [5.41, 5.74) is 8.72. The van der Waals surface area contributed by atoms with Crippen LogP contribution in [0.3, 0.4) is 0 Å². The van der Waals surface area contributed by atoms with Gasteiger partial charge < -0.3 is 24.0 Å². The molecule has 2 saturated heterocycles. The van der Waals surface area contributed by atoms with Gasteiger partial charge in [0.15, 0.2) is 6.10 Å². The monoisotopic (exact) mass is 459 g/mol.